The highest BCUT2D eigenvalue weighted by molar-refractivity contribution is 6.13. The summed E-state index contributed by atoms with van der Waals surface area (Å²) in [6.45, 7) is 0.435. The number of hydrogen-bond donors (Lipinski definition) is 2. The molecule has 29 heavy (non-hydrogen) atoms. The second-order valence-corrected chi connectivity index (χ2v) is 7.18. The van der Waals surface area contributed by atoms with E-state index >= 15 is 0 Å². The van der Waals surface area contributed by atoms with Crippen molar-refractivity contribution < 1.29 is 8.78 Å². The van der Waals surface area contributed by atoms with Crippen LogP contribution in [0.15, 0.2) is 43.0 Å². The first kappa shape index (κ1) is 19.0. The molecule has 1 aromatic carbocycles. The van der Waals surface area contributed by atoms with Crippen molar-refractivity contribution in [3.8, 4) is 11.1 Å². The van der Waals surface area contributed by atoms with Crippen LogP contribution in [0.4, 0.5) is 20.3 Å². The van der Waals surface area contributed by atoms with Crippen molar-refractivity contribution in [2.45, 2.75) is 18.8 Å². The van der Waals surface area contributed by atoms with Crippen LogP contribution in [0.3, 0.4) is 0 Å². The van der Waals surface area contributed by atoms with Crippen molar-refractivity contribution in [2.75, 3.05) is 23.7 Å². The largest absolute Gasteiger partial charge is 0.398 e. The monoisotopic (exact) mass is 397 g/mol. The lowest BCUT2D eigenvalue weighted by Gasteiger charge is -2.32. The van der Waals surface area contributed by atoms with Crippen molar-refractivity contribution in [3.05, 3.63) is 54.2 Å². The molecule has 7 nitrogen and oxygen atoms in total. The number of halogens is 2. The molecule has 4 rings (SSSR count). The number of alkyl halides is 2. The van der Waals surface area contributed by atoms with E-state index in [0.717, 1.165) is 11.1 Å². The zero-order chi connectivity index (χ0) is 20.6. The molecule has 3 aromatic rings. The molecule has 1 fully saturated rings. The average molecular weight is 397 g/mol. The third kappa shape index (κ3) is 3.94. The van der Waals surface area contributed by atoms with Crippen LogP contribution in [0, 0.1) is 5.41 Å². The number of piperidine rings is 1. The van der Waals surface area contributed by atoms with E-state index < -0.39 is 5.92 Å². The summed E-state index contributed by atoms with van der Waals surface area (Å²) in [5, 5.41) is 12.8. The molecule has 9 heteroatoms. The molecular formula is C20H21F2N7. The Labute approximate surface area is 166 Å². The van der Waals surface area contributed by atoms with Crippen LogP contribution in [-0.2, 0) is 7.05 Å². The van der Waals surface area contributed by atoms with Crippen LogP contribution < -0.4 is 10.6 Å². The summed E-state index contributed by atoms with van der Waals surface area (Å²) in [5.74, 6) is -2.09. The van der Waals surface area contributed by atoms with E-state index in [0.29, 0.717) is 22.8 Å². The van der Waals surface area contributed by atoms with Gasteiger partial charge in [0.1, 0.15) is 12.1 Å². The highest BCUT2D eigenvalue weighted by atomic mass is 19.3. The van der Waals surface area contributed by atoms with E-state index in [9.17, 15) is 8.78 Å². The molecule has 0 atom stereocenters. The minimum Gasteiger partial charge on any atom is -0.398 e. The Kier molecular flexibility index (Phi) is 4.73. The third-order valence-corrected chi connectivity index (χ3v) is 5.09. The van der Waals surface area contributed by atoms with Gasteiger partial charge in [0.05, 0.1) is 17.6 Å². The number of nitrogens with zero attached hydrogens (tertiary/aromatic N) is 5. The van der Waals surface area contributed by atoms with Gasteiger partial charge in [-0.05, 0) is 17.7 Å². The minimum atomic E-state index is -2.62. The van der Waals surface area contributed by atoms with Crippen LogP contribution >= 0.6 is 0 Å². The minimum absolute atomic E-state index is 0.152. The van der Waals surface area contributed by atoms with Crippen molar-refractivity contribution in [2.24, 2.45) is 7.05 Å². The predicted octanol–water partition coefficient (Wildman–Crippen LogP) is 3.11. The number of nitrogens with two attached hydrogens (primary N) is 1. The summed E-state index contributed by atoms with van der Waals surface area (Å²) < 4.78 is 28.6. The van der Waals surface area contributed by atoms with E-state index in [1.807, 2.05) is 25.4 Å². The second-order valence-electron chi connectivity index (χ2n) is 7.18. The van der Waals surface area contributed by atoms with E-state index in [1.165, 1.54) is 6.33 Å². The maximum Gasteiger partial charge on any atom is 0.251 e. The smallest absolute Gasteiger partial charge is 0.251 e. The van der Waals surface area contributed by atoms with E-state index in [1.54, 1.807) is 27.9 Å². The molecule has 2 aromatic heterocycles. The lowest BCUT2D eigenvalue weighted by atomic mass is 9.99. The molecule has 0 amide bonds. The molecule has 0 radical (unpaired) electrons. The number of rotatable bonds is 4. The number of nitrogens with one attached hydrogen (secondary N) is 1. The van der Waals surface area contributed by atoms with Crippen molar-refractivity contribution in [1.82, 2.24) is 19.7 Å². The number of anilines is 2. The van der Waals surface area contributed by atoms with Crippen LogP contribution in [0.1, 0.15) is 24.1 Å². The number of benzene rings is 1. The summed E-state index contributed by atoms with van der Waals surface area (Å²) in [7, 11) is 1.84. The summed E-state index contributed by atoms with van der Waals surface area (Å²) >= 11 is 0. The molecule has 1 saturated heterocycles. The maximum absolute atomic E-state index is 13.4. The lowest BCUT2D eigenvalue weighted by molar-refractivity contribution is -0.0221. The molecule has 0 bridgehead atoms. The van der Waals surface area contributed by atoms with Gasteiger partial charge in [0, 0.05) is 62.1 Å². The molecular weight excluding hydrogens is 376 g/mol. The standard InChI is InChI=1S/C20H21F2N7/c1-28-11-14(10-27-28)13-2-3-16(23)15(8-13)19(24)17-9-18(26-12-25-17)29-6-4-20(21,22)5-7-29/h2-3,8-12,24H,4-7,23H2,1H3. The summed E-state index contributed by atoms with van der Waals surface area (Å²) in [4.78, 5) is 10.2. The van der Waals surface area contributed by atoms with Gasteiger partial charge in [0.15, 0.2) is 0 Å². The van der Waals surface area contributed by atoms with Gasteiger partial charge in [-0.1, -0.05) is 6.07 Å². The number of hydrogen-bond acceptors (Lipinski definition) is 6. The van der Waals surface area contributed by atoms with Gasteiger partial charge in [-0.3, -0.25) is 10.1 Å². The van der Waals surface area contributed by atoms with Gasteiger partial charge < -0.3 is 10.6 Å². The topological polar surface area (TPSA) is 96.7 Å². The Balaban J connectivity index is 1.62. The van der Waals surface area contributed by atoms with Crippen LogP contribution in [0.25, 0.3) is 11.1 Å². The summed E-state index contributed by atoms with van der Waals surface area (Å²) in [6, 6.07) is 7.11. The SMILES string of the molecule is Cn1cc(-c2ccc(N)c(C(=N)c3cc(N4CCC(F)(F)CC4)ncn3)c2)cn1. The van der Waals surface area contributed by atoms with Crippen LogP contribution in [-0.4, -0.2) is 44.5 Å². The normalized spacial score (nSPS) is 16.0. The fourth-order valence-electron chi connectivity index (χ4n) is 3.38. The Bertz CT molecular complexity index is 1050. The van der Waals surface area contributed by atoms with Gasteiger partial charge in [-0.2, -0.15) is 5.10 Å². The van der Waals surface area contributed by atoms with Crippen LogP contribution in [0.5, 0.6) is 0 Å². The Morgan fingerprint density at radius 1 is 1.14 bits per heavy atom. The van der Waals surface area contributed by atoms with Crippen molar-refractivity contribution in [3.63, 3.8) is 0 Å². The zero-order valence-corrected chi connectivity index (χ0v) is 15.9. The van der Waals surface area contributed by atoms with E-state index in [-0.39, 0.29) is 31.6 Å². The third-order valence-electron chi connectivity index (χ3n) is 5.09. The summed E-state index contributed by atoms with van der Waals surface area (Å²) in [5.41, 5.74) is 9.47. The van der Waals surface area contributed by atoms with E-state index in [4.69, 9.17) is 11.1 Å². The molecule has 0 aliphatic carbocycles. The van der Waals surface area contributed by atoms with Gasteiger partial charge in [0.25, 0.3) is 5.92 Å². The molecule has 1 aliphatic heterocycles. The molecule has 3 heterocycles. The summed E-state index contributed by atoms with van der Waals surface area (Å²) in [6.07, 6.45) is 4.57. The predicted molar refractivity (Wildman–Crippen MR) is 107 cm³/mol. The molecule has 3 N–H and O–H groups in total. The zero-order valence-electron chi connectivity index (χ0n) is 15.9. The maximum atomic E-state index is 13.4. The Morgan fingerprint density at radius 3 is 2.59 bits per heavy atom. The van der Waals surface area contributed by atoms with Gasteiger partial charge in [-0.25, -0.2) is 18.7 Å². The highest BCUT2D eigenvalue weighted by Crippen LogP contribution is 2.30. The average Bonchev–Trinajstić information content (AvgIpc) is 3.14. The van der Waals surface area contributed by atoms with E-state index in [2.05, 4.69) is 15.1 Å². The van der Waals surface area contributed by atoms with Crippen molar-refractivity contribution >= 4 is 17.2 Å². The van der Waals surface area contributed by atoms with Gasteiger partial charge in [-0.15, -0.1) is 0 Å². The molecule has 0 unspecified atom stereocenters. The van der Waals surface area contributed by atoms with Crippen molar-refractivity contribution in [1.29, 1.82) is 5.41 Å². The van der Waals surface area contributed by atoms with Gasteiger partial charge >= 0.3 is 0 Å². The molecule has 1 aliphatic rings. The Morgan fingerprint density at radius 2 is 1.90 bits per heavy atom. The number of nitrogen functional groups attached to an aromatic ring is 1. The van der Waals surface area contributed by atoms with Crippen LogP contribution in [0.2, 0.25) is 0 Å². The molecule has 0 saturated carbocycles. The quantitative estimate of drug-likeness (QED) is 0.521. The lowest BCUT2D eigenvalue weighted by Crippen LogP contribution is -2.39. The second kappa shape index (κ2) is 7.23. The fourth-order valence-corrected chi connectivity index (χ4v) is 3.38. The first-order chi connectivity index (χ1) is 13.8. The number of aryl methyl sites for hydroxylation is 1. The number of aromatic nitrogens is 4. The first-order valence-electron chi connectivity index (χ1n) is 9.25. The molecule has 150 valence electrons. The first-order valence-corrected chi connectivity index (χ1v) is 9.25. The molecule has 0 spiro atoms. The fraction of sp³-hybridized carbons (Fsp3) is 0.300. The van der Waals surface area contributed by atoms with Gasteiger partial charge in [0.2, 0.25) is 0 Å². The highest BCUT2D eigenvalue weighted by Gasteiger charge is 2.34. The Hall–Kier alpha value is -3.36.